The number of carbonyl (C=O) groups excluding carboxylic acids is 4. The van der Waals surface area contributed by atoms with Crippen molar-refractivity contribution in [2.45, 2.75) is 40.0 Å². The number of anilines is 1. The largest absolute Gasteiger partial charge is 0.465 e. The summed E-state index contributed by atoms with van der Waals surface area (Å²) >= 11 is 0. The van der Waals surface area contributed by atoms with Crippen LogP contribution in [0.15, 0.2) is 18.2 Å². The molecule has 7 heteroatoms. The van der Waals surface area contributed by atoms with Crippen LogP contribution in [0.5, 0.6) is 0 Å². The van der Waals surface area contributed by atoms with Crippen LogP contribution in [0.25, 0.3) is 0 Å². The van der Waals surface area contributed by atoms with Crippen LogP contribution in [-0.2, 0) is 29.3 Å². The summed E-state index contributed by atoms with van der Waals surface area (Å²) in [4.78, 5) is 49.7. The van der Waals surface area contributed by atoms with Gasteiger partial charge in [-0.3, -0.25) is 19.2 Å². The maximum absolute atomic E-state index is 12.8. The molecule has 7 nitrogen and oxygen atoms in total. The number of ether oxygens (including phenoxy) is 2. The van der Waals surface area contributed by atoms with Crippen molar-refractivity contribution in [2.24, 2.45) is 5.41 Å². The lowest BCUT2D eigenvalue weighted by Gasteiger charge is -2.23. The number of hydrogen-bond acceptors (Lipinski definition) is 6. The Morgan fingerprint density at radius 1 is 1.12 bits per heavy atom. The van der Waals surface area contributed by atoms with E-state index in [4.69, 9.17) is 9.47 Å². The van der Waals surface area contributed by atoms with Gasteiger partial charge in [-0.1, -0.05) is 0 Å². The van der Waals surface area contributed by atoms with Crippen molar-refractivity contribution in [1.82, 2.24) is 0 Å². The molecule has 1 amide bonds. The number of rotatable bonds is 6. The van der Waals surface area contributed by atoms with E-state index >= 15 is 0 Å². The van der Waals surface area contributed by atoms with Crippen LogP contribution in [-0.4, -0.2) is 36.8 Å². The zero-order valence-corrected chi connectivity index (χ0v) is 15.6. The molecule has 0 spiro atoms. The molecule has 1 aliphatic rings. The van der Waals surface area contributed by atoms with Crippen molar-refractivity contribution < 1.29 is 28.7 Å². The maximum atomic E-state index is 12.8. The van der Waals surface area contributed by atoms with Gasteiger partial charge in [-0.15, -0.1) is 0 Å². The fourth-order valence-corrected chi connectivity index (χ4v) is 2.82. The lowest BCUT2D eigenvalue weighted by Crippen LogP contribution is -2.41. The topological polar surface area (TPSA) is 98.8 Å². The second-order valence-corrected chi connectivity index (χ2v) is 6.73. The zero-order chi connectivity index (χ0) is 19.7. The minimum Gasteiger partial charge on any atom is -0.465 e. The summed E-state index contributed by atoms with van der Waals surface area (Å²) in [6.07, 6.45) is 0. The quantitative estimate of drug-likeness (QED) is 0.474. The first-order valence-electron chi connectivity index (χ1n) is 8.45. The van der Waals surface area contributed by atoms with Crippen LogP contribution in [0.2, 0.25) is 0 Å². The SMILES string of the molecule is CCOC(=O)C(C)(C)C(=O)c1ccc2c(c1)C(C)(C(=O)OCC)C(=O)N2. The summed E-state index contributed by atoms with van der Waals surface area (Å²) in [5.41, 5.74) is -1.92. The second kappa shape index (κ2) is 6.90. The van der Waals surface area contributed by atoms with E-state index in [0.717, 1.165) is 0 Å². The summed E-state index contributed by atoms with van der Waals surface area (Å²) in [6.45, 7) is 8.03. The molecule has 1 N–H and O–H groups in total. The molecule has 0 aliphatic carbocycles. The van der Waals surface area contributed by atoms with Crippen molar-refractivity contribution in [3.05, 3.63) is 29.3 Å². The molecule has 26 heavy (non-hydrogen) atoms. The lowest BCUT2D eigenvalue weighted by atomic mass is 9.80. The normalized spacial score (nSPS) is 18.7. The molecule has 1 aromatic carbocycles. The third kappa shape index (κ3) is 2.98. The van der Waals surface area contributed by atoms with Crippen molar-refractivity contribution in [3.8, 4) is 0 Å². The predicted molar refractivity (Wildman–Crippen MR) is 93.8 cm³/mol. The van der Waals surface area contributed by atoms with E-state index in [-0.39, 0.29) is 18.8 Å². The number of hydrogen-bond donors (Lipinski definition) is 1. The van der Waals surface area contributed by atoms with Gasteiger partial charge in [-0.05, 0) is 52.8 Å². The van der Waals surface area contributed by atoms with Crippen molar-refractivity contribution in [1.29, 1.82) is 0 Å². The number of Topliss-reactive ketones (excluding diaryl/α,β-unsaturated/α-hetero) is 1. The van der Waals surface area contributed by atoms with E-state index in [1.165, 1.54) is 32.9 Å². The van der Waals surface area contributed by atoms with E-state index in [9.17, 15) is 19.2 Å². The van der Waals surface area contributed by atoms with Gasteiger partial charge in [-0.25, -0.2) is 0 Å². The molecule has 0 fully saturated rings. The van der Waals surface area contributed by atoms with Gasteiger partial charge >= 0.3 is 11.9 Å². The average molecular weight is 361 g/mol. The molecule has 2 rings (SSSR count). The van der Waals surface area contributed by atoms with Crippen LogP contribution >= 0.6 is 0 Å². The highest BCUT2D eigenvalue weighted by atomic mass is 16.5. The minimum absolute atomic E-state index is 0.131. The molecule has 0 saturated heterocycles. The van der Waals surface area contributed by atoms with Gasteiger partial charge in [0.2, 0.25) is 5.91 Å². The molecule has 1 aromatic rings. The number of nitrogens with one attached hydrogen (secondary N) is 1. The van der Waals surface area contributed by atoms with Gasteiger partial charge in [0, 0.05) is 16.8 Å². The summed E-state index contributed by atoms with van der Waals surface area (Å²) < 4.78 is 10.0. The van der Waals surface area contributed by atoms with Crippen LogP contribution in [0.1, 0.15) is 50.5 Å². The second-order valence-electron chi connectivity index (χ2n) is 6.73. The van der Waals surface area contributed by atoms with Gasteiger partial charge in [-0.2, -0.15) is 0 Å². The van der Waals surface area contributed by atoms with Crippen molar-refractivity contribution >= 4 is 29.3 Å². The Kier molecular flexibility index (Phi) is 5.21. The van der Waals surface area contributed by atoms with Crippen LogP contribution in [0.4, 0.5) is 5.69 Å². The molecule has 1 atom stereocenters. The van der Waals surface area contributed by atoms with E-state index < -0.39 is 34.5 Å². The first-order valence-corrected chi connectivity index (χ1v) is 8.45. The van der Waals surface area contributed by atoms with Crippen LogP contribution in [0.3, 0.4) is 0 Å². The summed E-state index contributed by atoms with van der Waals surface area (Å²) in [5, 5.41) is 2.63. The first-order chi connectivity index (χ1) is 12.1. The van der Waals surface area contributed by atoms with Crippen LogP contribution in [0, 0.1) is 5.41 Å². The van der Waals surface area contributed by atoms with E-state index in [0.29, 0.717) is 11.3 Å². The van der Waals surface area contributed by atoms with Gasteiger partial charge in [0.15, 0.2) is 11.2 Å². The number of ketones is 1. The molecular weight excluding hydrogens is 338 g/mol. The zero-order valence-electron chi connectivity index (χ0n) is 15.6. The third-order valence-corrected chi connectivity index (χ3v) is 4.56. The molecule has 0 aromatic heterocycles. The number of carbonyl (C=O) groups is 4. The van der Waals surface area contributed by atoms with Gasteiger partial charge in [0.25, 0.3) is 0 Å². The molecule has 1 unspecified atom stereocenters. The summed E-state index contributed by atoms with van der Waals surface area (Å²) in [6, 6.07) is 4.53. The van der Waals surface area contributed by atoms with E-state index in [1.807, 2.05) is 0 Å². The predicted octanol–water partition coefficient (Wildman–Crippen LogP) is 2.23. The standard InChI is InChI=1S/C19H23NO6/c1-6-25-16(23)18(3,4)14(21)11-8-9-13-12(10-11)19(5,15(22)20-13)17(24)26-7-2/h8-10H,6-7H2,1-5H3,(H,20,22). The van der Waals surface area contributed by atoms with Crippen LogP contribution < -0.4 is 5.32 Å². The Bertz CT molecular complexity index is 782. The van der Waals surface area contributed by atoms with E-state index in [2.05, 4.69) is 5.32 Å². The number of amides is 1. The molecule has 0 radical (unpaired) electrons. The van der Waals surface area contributed by atoms with Crippen molar-refractivity contribution in [3.63, 3.8) is 0 Å². The lowest BCUT2D eigenvalue weighted by molar-refractivity contribution is -0.152. The maximum Gasteiger partial charge on any atom is 0.326 e. The van der Waals surface area contributed by atoms with Crippen molar-refractivity contribution in [2.75, 3.05) is 18.5 Å². The Morgan fingerprint density at radius 2 is 1.73 bits per heavy atom. The minimum atomic E-state index is -1.55. The fraction of sp³-hybridized carbons (Fsp3) is 0.474. The molecule has 0 bridgehead atoms. The van der Waals surface area contributed by atoms with Gasteiger partial charge in [0.05, 0.1) is 13.2 Å². The Labute approximate surface area is 152 Å². The molecule has 0 saturated carbocycles. The molecule has 1 heterocycles. The fourth-order valence-electron chi connectivity index (χ4n) is 2.82. The number of benzene rings is 1. The van der Waals surface area contributed by atoms with Gasteiger partial charge in [0.1, 0.15) is 5.41 Å². The Morgan fingerprint density at radius 3 is 2.31 bits per heavy atom. The monoisotopic (exact) mass is 361 g/mol. The Balaban J connectivity index is 2.47. The third-order valence-electron chi connectivity index (χ3n) is 4.56. The number of esters is 2. The molecular formula is C19H23NO6. The molecule has 1 aliphatic heterocycles. The van der Waals surface area contributed by atoms with E-state index in [1.54, 1.807) is 19.9 Å². The molecule has 140 valence electrons. The number of fused-ring (bicyclic) bond motifs is 1. The highest BCUT2D eigenvalue weighted by Crippen LogP contribution is 2.40. The Hall–Kier alpha value is -2.70. The smallest absolute Gasteiger partial charge is 0.326 e. The summed E-state index contributed by atoms with van der Waals surface area (Å²) in [7, 11) is 0. The highest BCUT2D eigenvalue weighted by molar-refractivity contribution is 6.20. The summed E-state index contributed by atoms with van der Waals surface area (Å²) in [5.74, 6) is -2.29. The first kappa shape index (κ1) is 19.6. The highest BCUT2D eigenvalue weighted by Gasteiger charge is 2.51. The average Bonchev–Trinajstić information content (AvgIpc) is 2.86. The van der Waals surface area contributed by atoms with Gasteiger partial charge < -0.3 is 14.8 Å².